The Morgan fingerprint density at radius 1 is 1.59 bits per heavy atom. The van der Waals surface area contributed by atoms with Crippen molar-refractivity contribution in [3.8, 4) is 0 Å². The van der Waals surface area contributed by atoms with E-state index in [-0.39, 0.29) is 18.2 Å². The number of ether oxygens (including phenoxy) is 1. The van der Waals surface area contributed by atoms with E-state index in [0.29, 0.717) is 19.7 Å². The molecule has 0 spiro atoms. The normalized spacial score (nSPS) is 19.5. The maximum Gasteiger partial charge on any atom is 0.322 e. The zero-order chi connectivity index (χ0) is 12.8. The largest absolute Gasteiger partial charge is 0.480 e. The summed E-state index contributed by atoms with van der Waals surface area (Å²) in [5.41, 5.74) is 0. The quantitative estimate of drug-likeness (QED) is 0.604. The van der Waals surface area contributed by atoms with Crippen LogP contribution in [0.3, 0.4) is 0 Å². The molecule has 0 aromatic heterocycles. The number of rotatable bonds is 6. The molecule has 0 bridgehead atoms. The van der Waals surface area contributed by atoms with Gasteiger partial charge in [-0.25, -0.2) is 0 Å². The standard InChI is InChI=1S/C10H16N2O5/c1-17-3-2-12-6-7(4-8(12)13)10(16)11-5-9(14)15/h7H,2-6H2,1H3,(H,11,16)(H,14,15). The van der Waals surface area contributed by atoms with Crippen LogP contribution in [-0.2, 0) is 19.1 Å². The topological polar surface area (TPSA) is 95.9 Å². The zero-order valence-electron chi connectivity index (χ0n) is 9.64. The molecule has 1 aliphatic rings. The number of hydrogen-bond donors (Lipinski definition) is 2. The lowest BCUT2D eigenvalue weighted by atomic mass is 10.1. The van der Waals surface area contributed by atoms with Gasteiger partial charge in [-0.05, 0) is 0 Å². The van der Waals surface area contributed by atoms with Crippen LogP contribution in [0.1, 0.15) is 6.42 Å². The van der Waals surface area contributed by atoms with Gasteiger partial charge in [-0.3, -0.25) is 14.4 Å². The van der Waals surface area contributed by atoms with Gasteiger partial charge in [0, 0.05) is 26.6 Å². The fraction of sp³-hybridized carbons (Fsp3) is 0.700. The molecule has 0 aromatic carbocycles. The van der Waals surface area contributed by atoms with Crippen molar-refractivity contribution in [2.24, 2.45) is 5.92 Å². The summed E-state index contributed by atoms with van der Waals surface area (Å²) in [5.74, 6) is -2.05. The first-order chi connectivity index (χ1) is 8.04. The van der Waals surface area contributed by atoms with Crippen molar-refractivity contribution < 1.29 is 24.2 Å². The minimum absolute atomic E-state index is 0.0995. The Bertz CT molecular complexity index is 318. The van der Waals surface area contributed by atoms with Crippen LogP contribution in [0.2, 0.25) is 0 Å². The molecule has 1 saturated heterocycles. The van der Waals surface area contributed by atoms with E-state index in [2.05, 4.69) is 5.32 Å². The summed E-state index contributed by atoms with van der Waals surface area (Å²) in [6.07, 6.45) is 0.134. The van der Waals surface area contributed by atoms with E-state index in [9.17, 15) is 14.4 Å². The molecule has 1 rings (SSSR count). The van der Waals surface area contributed by atoms with Gasteiger partial charge in [0.2, 0.25) is 11.8 Å². The summed E-state index contributed by atoms with van der Waals surface area (Å²) in [6.45, 7) is 0.794. The smallest absolute Gasteiger partial charge is 0.322 e. The number of carbonyl (C=O) groups excluding carboxylic acids is 2. The van der Waals surface area contributed by atoms with Crippen LogP contribution in [0.15, 0.2) is 0 Å². The molecule has 1 atom stereocenters. The Kier molecular flexibility index (Phi) is 4.89. The van der Waals surface area contributed by atoms with Crippen LogP contribution in [0.5, 0.6) is 0 Å². The molecule has 1 heterocycles. The second-order valence-electron chi connectivity index (χ2n) is 3.85. The monoisotopic (exact) mass is 244 g/mol. The highest BCUT2D eigenvalue weighted by Crippen LogP contribution is 2.17. The zero-order valence-corrected chi connectivity index (χ0v) is 9.64. The molecule has 2 amide bonds. The number of nitrogens with zero attached hydrogens (tertiary/aromatic N) is 1. The van der Waals surface area contributed by atoms with Gasteiger partial charge in [0.1, 0.15) is 6.54 Å². The van der Waals surface area contributed by atoms with Crippen LogP contribution in [0, 0.1) is 5.92 Å². The van der Waals surface area contributed by atoms with Crippen molar-refractivity contribution in [3.63, 3.8) is 0 Å². The van der Waals surface area contributed by atoms with Gasteiger partial charge in [0.25, 0.3) is 0 Å². The Labute approximate surface area is 98.7 Å². The number of hydrogen-bond acceptors (Lipinski definition) is 4. The van der Waals surface area contributed by atoms with E-state index in [0.717, 1.165) is 0 Å². The minimum Gasteiger partial charge on any atom is -0.480 e. The molecule has 7 heteroatoms. The van der Waals surface area contributed by atoms with Crippen molar-refractivity contribution in [2.45, 2.75) is 6.42 Å². The van der Waals surface area contributed by atoms with E-state index >= 15 is 0 Å². The van der Waals surface area contributed by atoms with Crippen LogP contribution >= 0.6 is 0 Å². The maximum absolute atomic E-state index is 11.5. The first-order valence-electron chi connectivity index (χ1n) is 5.30. The molecule has 7 nitrogen and oxygen atoms in total. The van der Waals surface area contributed by atoms with Crippen LogP contribution in [0.4, 0.5) is 0 Å². The number of aliphatic carboxylic acids is 1. The average Bonchev–Trinajstić information content (AvgIpc) is 2.65. The summed E-state index contributed by atoms with van der Waals surface area (Å²) < 4.78 is 4.85. The summed E-state index contributed by atoms with van der Waals surface area (Å²) in [5, 5.41) is 10.7. The third kappa shape index (κ3) is 4.03. The van der Waals surface area contributed by atoms with Crippen molar-refractivity contribution in [3.05, 3.63) is 0 Å². The molecule has 0 aromatic rings. The average molecular weight is 244 g/mol. The number of carboxylic acids is 1. The highest BCUT2D eigenvalue weighted by molar-refractivity contribution is 5.90. The maximum atomic E-state index is 11.5. The highest BCUT2D eigenvalue weighted by atomic mass is 16.5. The summed E-state index contributed by atoms with van der Waals surface area (Å²) in [4.78, 5) is 34.9. The van der Waals surface area contributed by atoms with E-state index in [4.69, 9.17) is 9.84 Å². The van der Waals surface area contributed by atoms with Gasteiger partial charge in [-0.15, -0.1) is 0 Å². The van der Waals surface area contributed by atoms with Crippen molar-refractivity contribution in [2.75, 3.05) is 33.4 Å². The number of carbonyl (C=O) groups is 3. The second-order valence-corrected chi connectivity index (χ2v) is 3.85. The predicted octanol–water partition coefficient (Wildman–Crippen LogP) is -1.32. The molecule has 0 radical (unpaired) electrons. The van der Waals surface area contributed by atoms with Gasteiger partial charge in [-0.1, -0.05) is 0 Å². The fourth-order valence-corrected chi connectivity index (χ4v) is 1.67. The molecule has 2 N–H and O–H groups in total. The number of nitrogens with one attached hydrogen (secondary N) is 1. The third-order valence-electron chi connectivity index (χ3n) is 2.56. The SMILES string of the molecule is COCCN1CC(C(=O)NCC(=O)O)CC1=O. The number of carboxylic acid groups (broad SMARTS) is 1. The Morgan fingerprint density at radius 2 is 2.29 bits per heavy atom. The number of methoxy groups -OCH3 is 1. The van der Waals surface area contributed by atoms with Crippen LogP contribution in [-0.4, -0.2) is 61.1 Å². The predicted molar refractivity (Wildman–Crippen MR) is 57.2 cm³/mol. The van der Waals surface area contributed by atoms with Gasteiger partial charge in [0.05, 0.1) is 12.5 Å². The van der Waals surface area contributed by atoms with E-state index in [1.165, 1.54) is 7.11 Å². The molecule has 96 valence electrons. The summed E-state index contributed by atoms with van der Waals surface area (Å²) in [7, 11) is 1.54. The van der Waals surface area contributed by atoms with Crippen molar-refractivity contribution in [1.82, 2.24) is 10.2 Å². The first-order valence-corrected chi connectivity index (χ1v) is 5.30. The van der Waals surface area contributed by atoms with Crippen molar-refractivity contribution in [1.29, 1.82) is 0 Å². The van der Waals surface area contributed by atoms with Crippen LogP contribution < -0.4 is 5.32 Å². The summed E-state index contributed by atoms with van der Waals surface area (Å²) >= 11 is 0. The molecule has 0 aliphatic carbocycles. The molecule has 0 saturated carbocycles. The molecule has 1 aliphatic heterocycles. The van der Waals surface area contributed by atoms with Crippen molar-refractivity contribution >= 4 is 17.8 Å². The molecule has 1 fully saturated rings. The molecule has 17 heavy (non-hydrogen) atoms. The number of amides is 2. The lowest BCUT2D eigenvalue weighted by Crippen LogP contribution is -2.36. The molecular formula is C10H16N2O5. The van der Waals surface area contributed by atoms with Gasteiger partial charge < -0.3 is 20.1 Å². The molecule has 1 unspecified atom stereocenters. The fourth-order valence-electron chi connectivity index (χ4n) is 1.67. The van der Waals surface area contributed by atoms with E-state index in [1.807, 2.05) is 0 Å². The van der Waals surface area contributed by atoms with Gasteiger partial charge in [0.15, 0.2) is 0 Å². The van der Waals surface area contributed by atoms with Gasteiger partial charge >= 0.3 is 5.97 Å². The van der Waals surface area contributed by atoms with Crippen LogP contribution in [0.25, 0.3) is 0 Å². The molecular weight excluding hydrogens is 228 g/mol. The Morgan fingerprint density at radius 3 is 2.88 bits per heavy atom. The highest BCUT2D eigenvalue weighted by Gasteiger charge is 2.33. The third-order valence-corrected chi connectivity index (χ3v) is 2.56. The number of likely N-dealkylation sites (tertiary alicyclic amines) is 1. The minimum atomic E-state index is -1.10. The van der Waals surface area contributed by atoms with Gasteiger partial charge in [-0.2, -0.15) is 0 Å². The summed E-state index contributed by atoms with van der Waals surface area (Å²) in [6, 6.07) is 0. The first kappa shape index (κ1) is 13.4. The lowest BCUT2D eigenvalue weighted by molar-refractivity contribution is -0.138. The Hall–Kier alpha value is -1.63. The van der Waals surface area contributed by atoms with E-state index in [1.54, 1.807) is 4.90 Å². The second kappa shape index (κ2) is 6.19. The lowest BCUT2D eigenvalue weighted by Gasteiger charge is -2.15. The Balaban J connectivity index is 2.39. The van der Waals surface area contributed by atoms with E-state index < -0.39 is 18.4 Å².